The monoisotopic (exact) mass is 347 g/mol. The van der Waals surface area contributed by atoms with Gasteiger partial charge >= 0.3 is 0 Å². The van der Waals surface area contributed by atoms with Gasteiger partial charge in [-0.1, -0.05) is 43.2 Å². The van der Waals surface area contributed by atoms with E-state index in [1.54, 1.807) is 0 Å². The van der Waals surface area contributed by atoms with Crippen molar-refractivity contribution < 1.29 is 4.79 Å². The van der Waals surface area contributed by atoms with Crippen molar-refractivity contribution >= 4 is 22.6 Å². The van der Waals surface area contributed by atoms with Crippen LogP contribution in [0.15, 0.2) is 48.5 Å². The lowest BCUT2D eigenvalue weighted by Crippen LogP contribution is -2.24. The molecular formula is C22H25N3O. The van der Waals surface area contributed by atoms with Gasteiger partial charge in [-0.2, -0.15) is 0 Å². The zero-order chi connectivity index (χ0) is 18.1. The van der Waals surface area contributed by atoms with E-state index in [1.807, 2.05) is 23.1 Å². The zero-order valence-corrected chi connectivity index (χ0v) is 15.5. The Labute approximate surface area is 154 Å². The number of aromatic nitrogens is 2. The summed E-state index contributed by atoms with van der Waals surface area (Å²) in [7, 11) is 0. The summed E-state index contributed by atoms with van der Waals surface area (Å²) in [6.07, 6.45) is 2.80. The van der Waals surface area contributed by atoms with Crippen LogP contribution in [0.25, 0.3) is 11.0 Å². The summed E-state index contributed by atoms with van der Waals surface area (Å²) in [4.78, 5) is 19.5. The molecule has 0 bridgehead atoms. The van der Waals surface area contributed by atoms with E-state index in [-0.39, 0.29) is 11.8 Å². The third-order valence-electron chi connectivity index (χ3n) is 5.26. The molecule has 1 aliphatic rings. The molecule has 1 saturated heterocycles. The van der Waals surface area contributed by atoms with Gasteiger partial charge in [-0.15, -0.1) is 0 Å². The highest BCUT2D eigenvalue weighted by Crippen LogP contribution is 2.33. The highest BCUT2D eigenvalue weighted by molar-refractivity contribution is 5.96. The van der Waals surface area contributed by atoms with Crippen LogP contribution in [0, 0.1) is 6.92 Å². The lowest BCUT2D eigenvalue weighted by atomic mass is 10.1. The molecule has 26 heavy (non-hydrogen) atoms. The maximum absolute atomic E-state index is 12.7. The largest absolute Gasteiger partial charge is 0.328 e. The summed E-state index contributed by atoms with van der Waals surface area (Å²) >= 11 is 0. The number of rotatable bonds is 5. The van der Waals surface area contributed by atoms with Gasteiger partial charge in [0.05, 0.1) is 11.0 Å². The first-order valence-electron chi connectivity index (χ1n) is 9.49. The zero-order valence-electron chi connectivity index (χ0n) is 15.5. The van der Waals surface area contributed by atoms with E-state index in [0.29, 0.717) is 13.0 Å². The van der Waals surface area contributed by atoms with Gasteiger partial charge in [0.25, 0.3) is 0 Å². The fourth-order valence-electron chi connectivity index (χ4n) is 3.81. The number of carbonyl (C=O) groups excluding carboxylic acids is 1. The van der Waals surface area contributed by atoms with E-state index in [1.165, 1.54) is 11.1 Å². The van der Waals surface area contributed by atoms with Crippen molar-refractivity contribution in [2.75, 3.05) is 11.4 Å². The van der Waals surface area contributed by atoms with Crippen molar-refractivity contribution in [1.82, 2.24) is 9.55 Å². The smallest absolute Gasteiger partial charge is 0.227 e. The number of hydrogen-bond acceptors (Lipinski definition) is 2. The van der Waals surface area contributed by atoms with Crippen molar-refractivity contribution in [2.24, 2.45) is 0 Å². The lowest BCUT2D eigenvalue weighted by molar-refractivity contribution is -0.117. The summed E-state index contributed by atoms with van der Waals surface area (Å²) < 4.78 is 2.33. The van der Waals surface area contributed by atoms with E-state index >= 15 is 0 Å². The van der Waals surface area contributed by atoms with Crippen LogP contribution >= 0.6 is 0 Å². The minimum atomic E-state index is 0.146. The van der Waals surface area contributed by atoms with Crippen LogP contribution in [0.2, 0.25) is 0 Å². The Morgan fingerprint density at radius 1 is 1.12 bits per heavy atom. The van der Waals surface area contributed by atoms with Crippen LogP contribution in [-0.2, 0) is 11.3 Å². The summed E-state index contributed by atoms with van der Waals surface area (Å²) in [5.74, 6) is 1.39. The van der Waals surface area contributed by atoms with Gasteiger partial charge in [0.2, 0.25) is 5.91 Å². The number of benzene rings is 2. The lowest BCUT2D eigenvalue weighted by Gasteiger charge is -2.17. The topological polar surface area (TPSA) is 38.1 Å². The number of imidazole rings is 1. The number of aryl methyl sites for hydroxylation is 2. The molecule has 1 aromatic heterocycles. The number of para-hydroxylation sites is 2. The average Bonchev–Trinajstić information content (AvgIpc) is 3.21. The molecular weight excluding hydrogens is 322 g/mol. The number of carbonyl (C=O) groups is 1. The van der Waals surface area contributed by atoms with E-state index in [4.69, 9.17) is 4.98 Å². The third kappa shape index (κ3) is 3.00. The second kappa shape index (κ2) is 6.94. The highest BCUT2D eigenvalue weighted by atomic mass is 16.2. The fourth-order valence-corrected chi connectivity index (χ4v) is 3.81. The normalized spacial score (nSPS) is 17.4. The maximum atomic E-state index is 12.7. The minimum absolute atomic E-state index is 0.146. The Morgan fingerprint density at radius 2 is 1.88 bits per heavy atom. The van der Waals surface area contributed by atoms with Gasteiger partial charge < -0.3 is 9.47 Å². The van der Waals surface area contributed by atoms with Crippen molar-refractivity contribution in [3.8, 4) is 0 Å². The standard InChI is InChI=1S/C22H25N3O/c1-3-4-13-24-20-8-6-5-7-19(20)23-22(24)17-14-21(26)25(15-17)18-11-9-16(2)10-12-18/h5-12,17H,3-4,13-15H2,1-2H3/t17-/m1/s1. The molecule has 4 rings (SSSR count). The molecule has 4 nitrogen and oxygen atoms in total. The summed E-state index contributed by atoms with van der Waals surface area (Å²) in [5.41, 5.74) is 4.40. The molecule has 0 aliphatic carbocycles. The molecule has 1 fully saturated rings. The number of hydrogen-bond donors (Lipinski definition) is 0. The second-order valence-electron chi connectivity index (χ2n) is 7.20. The Bertz CT molecular complexity index is 926. The van der Waals surface area contributed by atoms with Crippen LogP contribution in [-0.4, -0.2) is 22.0 Å². The van der Waals surface area contributed by atoms with E-state index in [0.717, 1.165) is 36.4 Å². The average molecular weight is 347 g/mol. The number of fused-ring (bicyclic) bond motifs is 1. The van der Waals surface area contributed by atoms with E-state index in [9.17, 15) is 4.79 Å². The molecule has 0 unspecified atom stereocenters. The SMILES string of the molecule is CCCCn1c([C@@H]2CC(=O)N(c3ccc(C)cc3)C2)nc2ccccc21. The third-order valence-corrected chi connectivity index (χ3v) is 5.26. The van der Waals surface area contributed by atoms with Crippen molar-refractivity contribution in [3.05, 3.63) is 59.9 Å². The summed E-state index contributed by atoms with van der Waals surface area (Å²) in [5, 5.41) is 0. The Morgan fingerprint density at radius 3 is 2.65 bits per heavy atom. The molecule has 2 heterocycles. The summed E-state index contributed by atoms with van der Waals surface area (Å²) in [6.45, 7) is 5.93. The quantitative estimate of drug-likeness (QED) is 0.673. The van der Waals surface area contributed by atoms with Gasteiger partial charge in [-0.05, 0) is 37.6 Å². The fraction of sp³-hybridized carbons (Fsp3) is 0.364. The molecule has 4 heteroatoms. The van der Waals surface area contributed by atoms with Crippen LogP contribution < -0.4 is 4.90 Å². The molecule has 1 amide bonds. The van der Waals surface area contributed by atoms with E-state index < -0.39 is 0 Å². The first-order valence-corrected chi connectivity index (χ1v) is 9.49. The molecule has 0 saturated carbocycles. The molecule has 3 aromatic rings. The molecule has 2 aromatic carbocycles. The number of nitrogens with zero attached hydrogens (tertiary/aromatic N) is 3. The van der Waals surface area contributed by atoms with Gasteiger partial charge in [0, 0.05) is 31.1 Å². The number of unbranched alkanes of at least 4 members (excludes halogenated alkanes) is 1. The Balaban J connectivity index is 1.67. The Hall–Kier alpha value is -2.62. The maximum Gasteiger partial charge on any atom is 0.227 e. The predicted octanol–water partition coefficient (Wildman–Crippen LogP) is 4.67. The minimum Gasteiger partial charge on any atom is -0.328 e. The highest BCUT2D eigenvalue weighted by Gasteiger charge is 2.34. The van der Waals surface area contributed by atoms with Crippen molar-refractivity contribution in [3.63, 3.8) is 0 Å². The van der Waals surface area contributed by atoms with Crippen molar-refractivity contribution in [2.45, 2.75) is 45.6 Å². The molecule has 0 radical (unpaired) electrons. The summed E-state index contributed by atoms with van der Waals surface area (Å²) in [6, 6.07) is 16.5. The molecule has 1 atom stereocenters. The van der Waals surface area contributed by atoms with Gasteiger partial charge in [0.1, 0.15) is 5.82 Å². The van der Waals surface area contributed by atoms with Crippen LogP contribution in [0.5, 0.6) is 0 Å². The molecule has 1 aliphatic heterocycles. The predicted molar refractivity (Wildman–Crippen MR) is 106 cm³/mol. The molecule has 0 N–H and O–H groups in total. The van der Waals surface area contributed by atoms with Gasteiger partial charge in [-0.3, -0.25) is 4.79 Å². The van der Waals surface area contributed by atoms with Gasteiger partial charge in [0.15, 0.2) is 0 Å². The number of anilines is 1. The number of amides is 1. The first-order chi connectivity index (χ1) is 12.7. The molecule has 0 spiro atoms. The second-order valence-corrected chi connectivity index (χ2v) is 7.20. The molecule has 134 valence electrons. The van der Waals surface area contributed by atoms with Crippen LogP contribution in [0.3, 0.4) is 0 Å². The van der Waals surface area contributed by atoms with E-state index in [2.05, 4.69) is 48.7 Å². The first kappa shape index (κ1) is 16.8. The van der Waals surface area contributed by atoms with Crippen LogP contribution in [0.1, 0.15) is 43.5 Å². The van der Waals surface area contributed by atoms with Crippen molar-refractivity contribution in [1.29, 1.82) is 0 Å². The van der Waals surface area contributed by atoms with Crippen LogP contribution in [0.4, 0.5) is 5.69 Å². The Kier molecular flexibility index (Phi) is 4.49. The van der Waals surface area contributed by atoms with Gasteiger partial charge in [-0.25, -0.2) is 4.98 Å².